The molecule has 1 N–H and O–H groups in total. The van der Waals surface area contributed by atoms with E-state index in [0.29, 0.717) is 25.3 Å². The first-order chi connectivity index (χ1) is 13.7. The molecule has 1 atom stereocenters. The minimum atomic E-state index is -0.448. The quantitative estimate of drug-likeness (QED) is 0.615. The molecule has 0 aliphatic carbocycles. The number of nitrogens with zero attached hydrogens (tertiary/aromatic N) is 1. The second kappa shape index (κ2) is 12.2. The lowest BCUT2D eigenvalue weighted by Gasteiger charge is -2.30. The molecule has 0 radical (unpaired) electrons. The summed E-state index contributed by atoms with van der Waals surface area (Å²) in [7, 11) is 0. The van der Waals surface area contributed by atoms with Crippen molar-refractivity contribution in [1.82, 2.24) is 10.2 Å². The van der Waals surface area contributed by atoms with Gasteiger partial charge in [0.25, 0.3) is 0 Å². The predicted octanol–water partition coefficient (Wildman–Crippen LogP) is 4.25. The van der Waals surface area contributed by atoms with Gasteiger partial charge in [-0.3, -0.25) is 9.59 Å². The van der Waals surface area contributed by atoms with E-state index in [9.17, 15) is 9.59 Å². The number of carbonyl (C=O) groups is 2. The summed E-state index contributed by atoms with van der Waals surface area (Å²) in [6.45, 7) is 5.06. The number of amides is 2. The summed E-state index contributed by atoms with van der Waals surface area (Å²) >= 11 is 1.59. The first-order valence-electron chi connectivity index (χ1n) is 9.88. The van der Waals surface area contributed by atoms with Gasteiger partial charge in [-0.2, -0.15) is 0 Å². The average Bonchev–Trinajstić information content (AvgIpc) is 2.73. The lowest BCUT2D eigenvalue weighted by Crippen LogP contribution is -2.49. The summed E-state index contributed by atoms with van der Waals surface area (Å²) in [6.07, 6.45) is 1.47. The van der Waals surface area contributed by atoms with Crippen LogP contribution in [0.2, 0.25) is 0 Å². The maximum atomic E-state index is 13.0. The largest absolute Gasteiger partial charge is 0.354 e. The van der Waals surface area contributed by atoms with Crippen molar-refractivity contribution in [2.75, 3.05) is 12.3 Å². The number of carbonyl (C=O) groups excluding carboxylic acids is 2. The molecular weight excluding hydrogens is 368 g/mol. The Morgan fingerprint density at radius 2 is 1.57 bits per heavy atom. The number of hydrogen-bond donors (Lipinski definition) is 1. The minimum Gasteiger partial charge on any atom is -0.354 e. The molecule has 0 heterocycles. The Balaban J connectivity index is 2.06. The van der Waals surface area contributed by atoms with E-state index in [4.69, 9.17) is 0 Å². The molecule has 2 amide bonds. The zero-order valence-electron chi connectivity index (χ0n) is 16.8. The van der Waals surface area contributed by atoms with Crippen LogP contribution in [0.3, 0.4) is 0 Å². The van der Waals surface area contributed by atoms with Crippen molar-refractivity contribution >= 4 is 23.6 Å². The van der Waals surface area contributed by atoms with Gasteiger partial charge < -0.3 is 10.2 Å². The molecule has 0 fully saturated rings. The molecule has 2 aromatic carbocycles. The molecular formula is C23H30N2O2S. The van der Waals surface area contributed by atoms with Gasteiger partial charge in [0.05, 0.1) is 5.75 Å². The molecule has 0 aliphatic rings. The minimum absolute atomic E-state index is 0.00304. The van der Waals surface area contributed by atoms with E-state index in [1.807, 2.05) is 62.4 Å². The summed E-state index contributed by atoms with van der Waals surface area (Å²) in [4.78, 5) is 27.4. The van der Waals surface area contributed by atoms with Crippen LogP contribution in [0.15, 0.2) is 60.7 Å². The molecule has 0 aromatic heterocycles. The molecule has 0 spiro atoms. The van der Waals surface area contributed by atoms with Crippen LogP contribution in [0.4, 0.5) is 0 Å². The maximum Gasteiger partial charge on any atom is 0.242 e. The Kier molecular flexibility index (Phi) is 9.63. The third-order valence-electron chi connectivity index (χ3n) is 4.47. The molecule has 28 heavy (non-hydrogen) atoms. The molecule has 0 saturated heterocycles. The van der Waals surface area contributed by atoms with Gasteiger partial charge in [-0.25, -0.2) is 0 Å². The van der Waals surface area contributed by atoms with Crippen LogP contribution in [0.1, 0.15) is 37.8 Å². The first-order valence-corrected chi connectivity index (χ1v) is 11.0. The highest BCUT2D eigenvalue weighted by Gasteiger charge is 2.28. The summed E-state index contributed by atoms with van der Waals surface area (Å²) in [6, 6.07) is 19.5. The average molecular weight is 399 g/mol. The van der Waals surface area contributed by atoms with Crippen LogP contribution >= 0.6 is 11.8 Å². The van der Waals surface area contributed by atoms with E-state index in [1.54, 1.807) is 16.7 Å². The maximum absolute atomic E-state index is 13.0. The second-order valence-electron chi connectivity index (χ2n) is 6.70. The van der Waals surface area contributed by atoms with Crippen LogP contribution in [0, 0.1) is 0 Å². The summed E-state index contributed by atoms with van der Waals surface area (Å²) in [5.41, 5.74) is 2.23. The number of rotatable bonds is 11. The Morgan fingerprint density at radius 1 is 0.964 bits per heavy atom. The molecule has 5 heteroatoms. The van der Waals surface area contributed by atoms with E-state index < -0.39 is 6.04 Å². The zero-order chi connectivity index (χ0) is 20.2. The fourth-order valence-electron chi connectivity index (χ4n) is 2.98. The highest BCUT2D eigenvalue weighted by molar-refractivity contribution is 7.99. The van der Waals surface area contributed by atoms with Crippen molar-refractivity contribution in [3.05, 3.63) is 71.8 Å². The van der Waals surface area contributed by atoms with Crippen molar-refractivity contribution < 1.29 is 9.59 Å². The molecule has 0 saturated carbocycles. The molecule has 0 aliphatic heterocycles. The number of thioether (sulfide) groups is 1. The van der Waals surface area contributed by atoms with Crippen molar-refractivity contribution in [3.8, 4) is 0 Å². The van der Waals surface area contributed by atoms with Crippen molar-refractivity contribution in [3.63, 3.8) is 0 Å². The highest BCUT2D eigenvalue weighted by Crippen LogP contribution is 2.17. The SMILES string of the molecule is CCCNC(=O)C(CC)N(Cc1ccccc1)C(=O)CSCc1ccccc1. The fourth-order valence-corrected chi connectivity index (χ4v) is 3.85. The Hall–Kier alpha value is -2.27. The van der Waals surface area contributed by atoms with E-state index in [-0.39, 0.29) is 11.8 Å². The van der Waals surface area contributed by atoms with Crippen molar-refractivity contribution in [1.29, 1.82) is 0 Å². The highest BCUT2D eigenvalue weighted by atomic mass is 32.2. The van der Waals surface area contributed by atoms with Gasteiger partial charge in [0.15, 0.2) is 0 Å². The summed E-state index contributed by atoms with van der Waals surface area (Å²) in [5, 5.41) is 2.95. The zero-order valence-corrected chi connectivity index (χ0v) is 17.6. The first kappa shape index (κ1) is 22.0. The number of hydrogen-bond acceptors (Lipinski definition) is 3. The van der Waals surface area contributed by atoms with Crippen molar-refractivity contribution in [2.24, 2.45) is 0 Å². The summed E-state index contributed by atoms with van der Waals surface area (Å²) < 4.78 is 0. The predicted molar refractivity (Wildman–Crippen MR) is 117 cm³/mol. The van der Waals surface area contributed by atoms with E-state index in [1.165, 1.54) is 5.56 Å². The third kappa shape index (κ3) is 7.04. The van der Waals surface area contributed by atoms with Gasteiger partial charge >= 0.3 is 0 Å². The Labute approximate surface area is 172 Å². The van der Waals surface area contributed by atoms with Gasteiger partial charge in [0.2, 0.25) is 11.8 Å². The number of nitrogens with one attached hydrogen (secondary N) is 1. The van der Waals surface area contributed by atoms with Crippen LogP contribution in [0.5, 0.6) is 0 Å². The summed E-state index contributed by atoms with van der Waals surface area (Å²) in [5.74, 6) is 1.08. The van der Waals surface area contributed by atoms with E-state index in [0.717, 1.165) is 17.7 Å². The number of benzene rings is 2. The Bertz CT molecular complexity index is 722. The second-order valence-corrected chi connectivity index (χ2v) is 7.69. The van der Waals surface area contributed by atoms with Gasteiger partial charge in [0.1, 0.15) is 6.04 Å². The molecule has 2 aromatic rings. The lowest BCUT2D eigenvalue weighted by molar-refractivity contribution is -0.139. The van der Waals surface area contributed by atoms with Gasteiger partial charge in [-0.05, 0) is 24.0 Å². The third-order valence-corrected chi connectivity index (χ3v) is 5.46. The standard InChI is InChI=1S/C23H30N2O2S/c1-3-15-24-23(27)21(4-2)25(16-19-11-7-5-8-12-19)22(26)18-28-17-20-13-9-6-10-14-20/h5-14,21H,3-4,15-18H2,1-2H3,(H,24,27). The van der Waals surface area contributed by atoms with Crippen LogP contribution < -0.4 is 5.32 Å². The molecule has 1 unspecified atom stereocenters. The van der Waals surface area contributed by atoms with E-state index >= 15 is 0 Å². The Morgan fingerprint density at radius 3 is 2.14 bits per heavy atom. The van der Waals surface area contributed by atoms with E-state index in [2.05, 4.69) is 17.4 Å². The van der Waals surface area contributed by atoms with Crippen molar-refractivity contribution in [2.45, 2.75) is 45.0 Å². The van der Waals surface area contributed by atoms with Crippen LogP contribution in [0.25, 0.3) is 0 Å². The monoisotopic (exact) mass is 398 g/mol. The molecule has 0 bridgehead atoms. The smallest absolute Gasteiger partial charge is 0.242 e. The van der Waals surface area contributed by atoms with Crippen LogP contribution in [-0.2, 0) is 21.9 Å². The normalized spacial score (nSPS) is 11.6. The topological polar surface area (TPSA) is 49.4 Å². The van der Waals surface area contributed by atoms with Gasteiger partial charge in [0, 0.05) is 18.8 Å². The van der Waals surface area contributed by atoms with Gasteiger partial charge in [-0.1, -0.05) is 74.5 Å². The molecule has 4 nitrogen and oxygen atoms in total. The molecule has 2 rings (SSSR count). The molecule has 150 valence electrons. The van der Waals surface area contributed by atoms with Crippen LogP contribution in [-0.4, -0.2) is 35.1 Å². The van der Waals surface area contributed by atoms with Gasteiger partial charge in [-0.15, -0.1) is 11.8 Å². The fraction of sp³-hybridized carbons (Fsp3) is 0.391. The lowest BCUT2D eigenvalue weighted by atomic mass is 10.1.